The number of nitrogens with zero attached hydrogens (tertiary/aromatic N) is 4. The summed E-state index contributed by atoms with van der Waals surface area (Å²) >= 11 is 0. The van der Waals surface area contributed by atoms with Crippen molar-refractivity contribution in [3.63, 3.8) is 0 Å². The first kappa shape index (κ1) is 25.1. The lowest BCUT2D eigenvalue weighted by Crippen LogP contribution is -2.15. The number of nitrogens with one attached hydrogen (secondary N) is 1. The Hall–Kier alpha value is -4.05. The third kappa shape index (κ3) is 5.77. The molecule has 4 aromatic rings. The molecule has 186 valence electrons. The van der Waals surface area contributed by atoms with Gasteiger partial charge in [-0.05, 0) is 75.7 Å². The zero-order chi connectivity index (χ0) is 25.9. The predicted octanol–water partition coefficient (Wildman–Crippen LogP) is 4.43. The Morgan fingerprint density at radius 2 is 1.69 bits per heavy atom. The van der Waals surface area contributed by atoms with Crippen LogP contribution in [0.4, 0.5) is 5.69 Å². The molecule has 1 N–H and O–H groups in total. The molecular weight excluding hydrogens is 478 g/mol. The summed E-state index contributed by atoms with van der Waals surface area (Å²) in [6.45, 7) is 7.14. The lowest BCUT2D eigenvalue weighted by Gasteiger charge is -2.10. The van der Waals surface area contributed by atoms with Gasteiger partial charge in [-0.25, -0.2) is 23.1 Å². The van der Waals surface area contributed by atoms with Gasteiger partial charge in [-0.3, -0.25) is 4.79 Å². The van der Waals surface area contributed by atoms with E-state index in [4.69, 9.17) is 4.74 Å². The molecule has 2 aromatic heterocycles. The molecule has 0 unspecified atom stereocenters. The van der Waals surface area contributed by atoms with Crippen molar-refractivity contribution < 1.29 is 17.9 Å². The molecular formula is C26H27N5O4S. The number of ether oxygens (including phenoxy) is 1. The minimum absolute atomic E-state index is 0.121. The van der Waals surface area contributed by atoms with Gasteiger partial charge >= 0.3 is 0 Å². The summed E-state index contributed by atoms with van der Waals surface area (Å²) in [4.78, 5) is 21.1. The summed E-state index contributed by atoms with van der Waals surface area (Å²) in [5.41, 5.74) is 3.17. The largest absolute Gasteiger partial charge is 0.439 e. The number of amides is 1. The third-order valence-electron chi connectivity index (χ3n) is 5.45. The van der Waals surface area contributed by atoms with Gasteiger partial charge in [-0.2, -0.15) is 5.10 Å². The van der Waals surface area contributed by atoms with Gasteiger partial charge in [0.2, 0.25) is 11.8 Å². The van der Waals surface area contributed by atoms with E-state index in [1.807, 2.05) is 19.9 Å². The lowest BCUT2D eigenvalue weighted by molar-refractivity contribution is -0.115. The van der Waals surface area contributed by atoms with E-state index in [0.29, 0.717) is 23.1 Å². The Balaban J connectivity index is 1.36. The summed E-state index contributed by atoms with van der Waals surface area (Å²) in [5.74, 6) is 1.30. The molecule has 0 aliphatic carbocycles. The van der Waals surface area contributed by atoms with Crippen LogP contribution in [0.5, 0.6) is 11.6 Å². The predicted molar refractivity (Wildman–Crippen MR) is 136 cm³/mol. The van der Waals surface area contributed by atoms with E-state index in [1.54, 1.807) is 61.0 Å². The number of anilines is 1. The SMILES string of the molecule is Cc1cc(C)n(-c2cc(Oc3ccc(NC(=O)Cc4ccc(S(=O)(=O)C(C)C)cc4)cc3)ncn2)n1. The number of sulfone groups is 1. The van der Waals surface area contributed by atoms with Crippen molar-refractivity contribution in [3.8, 4) is 17.4 Å². The van der Waals surface area contributed by atoms with Crippen molar-refractivity contribution in [2.45, 2.75) is 44.3 Å². The summed E-state index contributed by atoms with van der Waals surface area (Å²) < 4.78 is 32.1. The molecule has 0 aliphatic heterocycles. The molecule has 0 bridgehead atoms. The van der Waals surface area contributed by atoms with Gasteiger partial charge in [0.1, 0.15) is 12.1 Å². The van der Waals surface area contributed by atoms with Gasteiger partial charge in [-0.15, -0.1) is 0 Å². The molecule has 0 spiro atoms. The summed E-state index contributed by atoms with van der Waals surface area (Å²) in [6.07, 6.45) is 1.54. The van der Waals surface area contributed by atoms with Crippen LogP contribution in [-0.4, -0.2) is 39.3 Å². The van der Waals surface area contributed by atoms with Crippen LogP contribution in [0.3, 0.4) is 0 Å². The maximum Gasteiger partial charge on any atom is 0.228 e. The smallest absolute Gasteiger partial charge is 0.228 e. The Morgan fingerprint density at radius 3 is 2.31 bits per heavy atom. The minimum Gasteiger partial charge on any atom is -0.439 e. The standard InChI is InChI=1S/C26H27N5O4S/c1-17(2)36(33,34)23-11-5-20(6-12-23)14-25(32)29-21-7-9-22(10-8-21)35-26-15-24(27-16-28-26)31-19(4)13-18(3)30-31/h5-13,15-17H,14H2,1-4H3,(H,29,32). The quantitative estimate of drug-likeness (QED) is 0.376. The molecule has 2 aromatic carbocycles. The zero-order valence-electron chi connectivity index (χ0n) is 20.5. The van der Waals surface area contributed by atoms with Gasteiger partial charge in [0, 0.05) is 17.4 Å². The lowest BCUT2D eigenvalue weighted by atomic mass is 10.1. The maximum atomic E-state index is 12.5. The first-order valence-corrected chi connectivity index (χ1v) is 12.9. The fraction of sp³-hybridized carbons (Fsp3) is 0.231. The molecule has 0 fully saturated rings. The van der Waals surface area contributed by atoms with Crippen molar-refractivity contribution >= 4 is 21.4 Å². The second-order valence-electron chi connectivity index (χ2n) is 8.64. The van der Waals surface area contributed by atoms with Crippen LogP contribution in [0.15, 0.2) is 71.9 Å². The Morgan fingerprint density at radius 1 is 1.00 bits per heavy atom. The van der Waals surface area contributed by atoms with Crippen molar-refractivity contribution in [1.29, 1.82) is 0 Å². The van der Waals surface area contributed by atoms with E-state index in [1.165, 1.54) is 18.5 Å². The molecule has 10 heteroatoms. The van der Waals surface area contributed by atoms with Gasteiger partial charge in [0.05, 0.1) is 22.3 Å². The maximum absolute atomic E-state index is 12.5. The van der Waals surface area contributed by atoms with Crippen LogP contribution < -0.4 is 10.1 Å². The number of aryl methyl sites for hydroxylation is 2. The van der Waals surface area contributed by atoms with Crippen molar-refractivity contribution in [2.24, 2.45) is 0 Å². The first-order valence-electron chi connectivity index (χ1n) is 11.4. The fourth-order valence-electron chi connectivity index (χ4n) is 3.55. The van der Waals surface area contributed by atoms with Gasteiger partial charge in [0.15, 0.2) is 15.7 Å². The summed E-state index contributed by atoms with van der Waals surface area (Å²) in [6, 6.07) is 17.0. The number of carbonyl (C=O) groups excluding carboxylic acids is 1. The second-order valence-corrected chi connectivity index (χ2v) is 11.1. The molecule has 0 atom stereocenters. The van der Waals surface area contributed by atoms with Crippen LogP contribution in [0.2, 0.25) is 0 Å². The van der Waals surface area contributed by atoms with E-state index >= 15 is 0 Å². The van der Waals surface area contributed by atoms with Crippen LogP contribution >= 0.6 is 0 Å². The molecule has 0 radical (unpaired) electrons. The topological polar surface area (TPSA) is 116 Å². The Labute approximate surface area is 210 Å². The molecule has 1 amide bonds. The molecule has 0 aliphatic rings. The number of aromatic nitrogens is 4. The highest BCUT2D eigenvalue weighted by atomic mass is 32.2. The average Bonchev–Trinajstić information content (AvgIpc) is 3.18. The average molecular weight is 506 g/mol. The fourth-order valence-corrected chi connectivity index (χ4v) is 4.61. The van der Waals surface area contributed by atoms with E-state index < -0.39 is 15.1 Å². The van der Waals surface area contributed by atoms with Crippen LogP contribution in [-0.2, 0) is 21.1 Å². The normalized spacial score (nSPS) is 11.5. The third-order valence-corrected chi connectivity index (χ3v) is 7.62. The van der Waals surface area contributed by atoms with Crippen molar-refractivity contribution in [2.75, 3.05) is 5.32 Å². The van der Waals surface area contributed by atoms with Crippen molar-refractivity contribution in [1.82, 2.24) is 19.7 Å². The van der Waals surface area contributed by atoms with E-state index in [2.05, 4.69) is 20.4 Å². The van der Waals surface area contributed by atoms with E-state index in [9.17, 15) is 13.2 Å². The number of rotatable bonds is 8. The molecule has 36 heavy (non-hydrogen) atoms. The number of benzene rings is 2. The molecule has 4 rings (SSSR count). The summed E-state index contributed by atoms with van der Waals surface area (Å²) in [7, 11) is -3.34. The highest BCUT2D eigenvalue weighted by Crippen LogP contribution is 2.23. The minimum atomic E-state index is -3.34. The number of hydrogen-bond acceptors (Lipinski definition) is 7. The second kappa shape index (κ2) is 10.3. The van der Waals surface area contributed by atoms with Crippen LogP contribution in [0.25, 0.3) is 5.82 Å². The number of hydrogen-bond donors (Lipinski definition) is 1. The molecule has 9 nitrogen and oxygen atoms in total. The van der Waals surface area contributed by atoms with Crippen LogP contribution in [0, 0.1) is 13.8 Å². The Kier molecular flexibility index (Phi) is 7.16. The molecule has 2 heterocycles. The monoisotopic (exact) mass is 505 g/mol. The van der Waals surface area contributed by atoms with Crippen LogP contribution in [0.1, 0.15) is 30.8 Å². The molecule has 0 saturated carbocycles. The van der Waals surface area contributed by atoms with Gasteiger partial charge in [-0.1, -0.05) is 12.1 Å². The van der Waals surface area contributed by atoms with E-state index in [-0.39, 0.29) is 17.2 Å². The summed E-state index contributed by atoms with van der Waals surface area (Å²) in [5, 5.41) is 6.76. The van der Waals surface area contributed by atoms with E-state index in [0.717, 1.165) is 17.0 Å². The van der Waals surface area contributed by atoms with Gasteiger partial charge < -0.3 is 10.1 Å². The number of carbonyl (C=O) groups is 1. The zero-order valence-corrected chi connectivity index (χ0v) is 21.3. The molecule has 0 saturated heterocycles. The van der Waals surface area contributed by atoms with Gasteiger partial charge in [0.25, 0.3) is 0 Å². The Bertz CT molecular complexity index is 1480. The highest BCUT2D eigenvalue weighted by Gasteiger charge is 2.19. The van der Waals surface area contributed by atoms with Crippen molar-refractivity contribution in [3.05, 3.63) is 83.9 Å². The first-order chi connectivity index (χ1) is 17.1. The highest BCUT2D eigenvalue weighted by molar-refractivity contribution is 7.92.